The second-order valence-electron chi connectivity index (χ2n) is 11.6. The predicted octanol–water partition coefficient (Wildman–Crippen LogP) is 3.11. The van der Waals surface area contributed by atoms with Crippen LogP contribution in [0.1, 0.15) is 45.6 Å². The molecule has 1 amide bonds. The lowest BCUT2D eigenvalue weighted by atomic mass is 9.86. The van der Waals surface area contributed by atoms with Gasteiger partial charge in [0.05, 0.1) is 24.6 Å². The molecule has 3 saturated heterocycles. The van der Waals surface area contributed by atoms with Crippen molar-refractivity contribution in [3.8, 4) is 11.3 Å². The highest BCUT2D eigenvalue weighted by Gasteiger charge is 2.53. The van der Waals surface area contributed by atoms with Gasteiger partial charge in [-0.3, -0.25) is 0 Å². The number of amides is 1. The van der Waals surface area contributed by atoms with Crippen LogP contribution in [0, 0.1) is 23.4 Å². The van der Waals surface area contributed by atoms with Gasteiger partial charge in [-0.2, -0.15) is 0 Å². The van der Waals surface area contributed by atoms with Gasteiger partial charge in [0.2, 0.25) is 0 Å². The Morgan fingerprint density at radius 2 is 1.88 bits per heavy atom. The number of carbonyl (C=O) groups is 1. The summed E-state index contributed by atoms with van der Waals surface area (Å²) in [6.07, 6.45) is -0.891. The summed E-state index contributed by atoms with van der Waals surface area (Å²) in [5.74, 6) is -5.15. The number of halogens is 3. The fraction of sp³-hybridized carbons (Fsp3) is 0.630. The minimum Gasteiger partial charge on any atom is -0.465 e. The molecule has 15 heteroatoms. The van der Waals surface area contributed by atoms with Gasteiger partial charge in [-0.15, -0.1) is 5.10 Å². The van der Waals surface area contributed by atoms with Crippen molar-refractivity contribution in [2.75, 3.05) is 19.7 Å². The first-order chi connectivity index (χ1) is 20.0. The number of likely N-dealkylation sites (tertiary alicyclic amines) is 1. The molecule has 12 nitrogen and oxygen atoms in total. The van der Waals surface area contributed by atoms with Crippen LogP contribution in [0.5, 0.6) is 0 Å². The number of aromatic nitrogens is 3. The van der Waals surface area contributed by atoms with E-state index < -0.39 is 59.8 Å². The monoisotopic (exact) mass is 595 g/mol. The summed E-state index contributed by atoms with van der Waals surface area (Å²) in [6.45, 7) is 4.53. The smallest absolute Gasteiger partial charge is 0.407 e. The van der Waals surface area contributed by atoms with Crippen molar-refractivity contribution in [2.45, 2.75) is 81.9 Å². The Morgan fingerprint density at radius 3 is 2.57 bits per heavy atom. The van der Waals surface area contributed by atoms with E-state index in [0.717, 1.165) is 17.8 Å². The predicted molar refractivity (Wildman–Crippen MR) is 138 cm³/mol. The molecule has 6 rings (SSSR count). The summed E-state index contributed by atoms with van der Waals surface area (Å²) in [5, 5.41) is 33.2. The molecule has 0 radical (unpaired) electrons. The lowest BCUT2D eigenvalue weighted by Gasteiger charge is -2.50. The van der Waals surface area contributed by atoms with Crippen LogP contribution in [0.15, 0.2) is 23.5 Å². The zero-order valence-corrected chi connectivity index (χ0v) is 23.0. The van der Waals surface area contributed by atoms with Gasteiger partial charge in [0.15, 0.2) is 23.2 Å². The first kappa shape index (κ1) is 28.8. The van der Waals surface area contributed by atoms with Gasteiger partial charge >= 0.3 is 6.09 Å². The molecular formula is C27H32F3N5O7. The Kier molecular flexibility index (Phi) is 7.62. The molecule has 1 aromatic carbocycles. The Balaban J connectivity index is 1.19. The van der Waals surface area contributed by atoms with E-state index in [4.69, 9.17) is 19.0 Å². The van der Waals surface area contributed by atoms with E-state index in [1.54, 1.807) is 13.8 Å². The summed E-state index contributed by atoms with van der Waals surface area (Å²) in [7, 11) is 0. The summed E-state index contributed by atoms with van der Waals surface area (Å²) < 4.78 is 60.9. The number of hydrogen-bond donors (Lipinski definition) is 2. The molecule has 42 heavy (non-hydrogen) atoms. The fourth-order valence-corrected chi connectivity index (χ4v) is 6.18. The van der Waals surface area contributed by atoms with Gasteiger partial charge in [-0.25, -0.2) is 22.6 Å². The molecule has 3 fully saturated rings. The van der Waals surface area contributed by atoms with Crippen LogP contribution in [0.4, 0.5) is 18.0 Å². The SMILES string of the molecule is CC1(C)OC[C@H]2O[C@H](CC3CC(C4CCN(C(=O)O)CC4)=NO3)[C@H](O)[C@@H](n3cc(-c4cc(F)c(F)c(F)c4)nn3)[C@H]2O1. The molecule has 2 aromatic rings. The van der Waals surface area contributed by atoms with Gasteiger partial charge in [0.25, 0.3) is 0 Å². The number of aliphatic hydroxyl groups is 1. The van der Waals surface area contributed by atoms with Gasteiger partial charge in [-0.1, -0.05) is 10.4 Å². The molecule has 1 unspecified atom stereocenters. The largest absolute Gasteiger partial charge is 0.465 e. The van der Waals surface area contributed by atoms with Crippen LogP contribution in [0.2, 0.25) is 0 Å². The van der Waals surface area contributed by atoms with E-state index >= 15 is 0 Å². The van der Waals surface area contributed by atoms with Crippen molar-refractivity contribution in [1.82, 2.24) is 19.9 Å². The molecule has 0 saturated carbocycles. The lowest BCUT2D eigenvalue weighted by molar-refractivity contribution is -0.349. The van der Waals surface area contributed by atoms with Gasteiger partial charge in [-0.05, 0) is 38.8 Å². The molecule has 1 aromatic heterocycles. The van der Waals surface area contributed by atoms with Gasteiger partial charge < -0.3 is 34.2 Å². The molecule has 228 valence electrons. The van der Waals surface area contributed by atoms with E-state index in [9.17, 15) is 28.2 Å². The first-order valence-electron chi connectivity index (χ1n) is 13.9. The summed E-state index contributed by atoms with van der Waals surface area (Å²) in [6, 6.07) is 0.844. The maximum Gasteiger partial charge on any atom is 0.407 e. The number of nitrogens with zero attached hydrogens (tertiary/aromatic N) is 5. The van der Waals surface area contributed by atoms with Crippen LogP contribution < -0.4 is 0 Å². The third-order valence-corrected chi connectivity index (χ3v) is 8.38. The normalized spacial score (nSPS) is 31.4. The maximum atomic E-state index is 13.9. The zero-order chi connectivity index (χ0) is 29.8. The fourth-order valence-electron chi connectivity index (χ4n) is 6.18. The number of oxime groups is 1. The van der Waals surface area contributed by atoms with Gasteiger partial charge in [0.1, 0.15) is 36.2 Å². The third kappa shape index (κ3) is 5.57. The number of fused-ring (bicyclic) bond motifs is 1. The van der Waals surface area contributed by atoms with Crippen LogP contribution in [0.3, 0.4) is 0 Å². The summed E-state index contributed by atoms with van der Waals surface area (Å²) in [5.41, 5.74) is 0.936. The van der Waals surface area contributed by atoms with Crippen LogP contribution >= 0.6 is 0 Å². The average molecular weight is 596 g/mol. The Bertz CT molecular complexity index is 1340. The van der Waals surface area contributed by atoms with E-state index in [0.29, 0.717) is 38.8 Å². The molecule has 4 aliphatic rings. The third-order valence-electron chi connectivity index (χ3n) is 8.38. The number of aliphatic hydroxyl groups excluding tert-OH is 1. The van der Waals surface area contributed by atoms with Crippen molar-refractivity contribution in [2.24, 2.45) is 11.1 Å². The maximum absolute atomic E-state index is 13.9. The Labute approximate surface area is 239 Å². The van der Waals surface area contributed by atoms with Crippen LogP contribution in [-0.4, -0.2) is 97.9 Å². The van der Waals surface area contributed by atoms with E-state index in [2.05, 4.69) is 15.5 Å². The molecule has 0 spiro atoms. The quantitative estimate of drug-likeness (QED) is 0.499. The van der Waals surface area contributed by atoms with Crippen LogP contribution in [-0.2, 0) is 19.0 Å². The Morgan fingerprint density at radius 1 is 1.17 bits per heavy atom. The van der Waals surface area contributed by atoms with E-state index in [1.165, 1.54) is 15.8 Å². The first-order valence-corrected chi connectivity index (χ1v) is 13.9. The highest BCUT2D eigenvalue weighted by Crippen LogP contribution is 2.40. The molecule has 0 bridgehead atoms. The van der Waals surface area contributed by atoms with Crippen molar-refractivity contribution in [3.63, 3.8) is 0 Å². The molecule has 0 aliphatic carbocycles. The van der Waals surface area contributed by atoms with E-state index in [-0.39, 0.29) is 29.9 Å². The molecule has 4 aliphatic heterocycles. The second-order valence-corrected chi connectivity index (χ2v) is 11.6. The number of carboxylic acid groups (broad SMARTS) is 1. The number of rotatable bonds is 5. The standard InChI is InChI=1S/C27H32F3N5O7/c1-27(2)39-12-21-25(41-27)23(35-11-19(31-33-35)14-7-16(28)22(30)17(29)8-14)24(36)20(40-21)10-15-9-18(32-42-15)13-3-5-34(6-4-13)26(37)38/h7-8,11,13,15,20-21,23-25,36H,3-6,9-10,12H2,1-2H3,(H,37,38)/t15?,20-,21-,23-,24+,25+/m1/s1. The van der Waals surface area contributed by atoms with Crippen molar-refractivity contribution in [1.29, 1.82) is 0 Å². The molecular weight excluding hydrogens is 563 g/mol. The summed E-state index contributed by atoms with van der Waals surface area (Å²) in [4.78, 5) is 18.3. The van der Waals surface area contributed by atoms with Crippen molar-refractivity contribution in [3.05, 3.63) is 35.8 Å². The minimum atomic E-state index is -1.58. The highest BCUT2D eigenvalue weighted by atomic mass is 19.2. The minimum absolute atomic E-state index is 0.0150. The molecule has 6 atom stereocenters. The van der Waals surface area contributed by atoms with Gasteiger partial charge in [0, 0.05) is 37.4 Å². The summed E-state index contributed by atoms with van der Waals surface area (Å²) >= 11 is 0. The Hall–Kier alpha value is -3.27. The highest BCUT2D eigenvalue weighted by molar-refractivity contribution is 5.88. The second kappa shape index (κ2) is 11.1. The number of benzene rings is 1. The lowest BCUT2D eigenvalue weighted by Crippen LogP contribution is -2.62. The average Bonchev–Trinajstić information content (AvgIpc) is 3.62. The molecule has 5 heterocycles. The zero-order valence-electron chi connectivity index (χ0n) is 23.0. The molecule has 2 N–H and O–H groups in total. The van der Waals surface area contributed by atoms with E-state index in [1.807, 2.05) is 0 Å². The number of hydrogen-bond acceptors (Lipinski definition) is 9. The number of piperidine rings is 1. The topological polar surface area (TPSA) is 141 Å². The van der Waals surface area contributed by atoms with Crippen molar-refractivity contribution < 1.29 is 47.2 Å². The van der Waals surface area contributed by atoms with Crippen LogP contribution in [0.25, 0.3) is 11.3 Å². The van der Waals surface area contributed by atoms with Crippen molar-refractivity contribution >= 4 is 11.8 Å². The number of ether oxygens (including phenoxy) is 3.